The van der Waals surface area contributed by atoms with Crippen LogP contribution in [0.2, 0.25) is 0 Å². The monoisotopic (exact) mass is 263 g/mol. The third-order valence-corrected chi connectivity index (χ3v) is 4.54. The number of hydrogen-bond donors (Lipinski definition) is 2. The molecule has 1 fully saturated rings. The second-order valence-corrected chi connectivity index (χ2v) is 5.76. The van der Waals surface area contributed by atoms with Crippen molar-refractivity contribution in [1.82, 2.24) is 4.98 Å². The van der Waals surface area contributed by atoms with Crippen LogP contribution in [0, 0.1) is 0 Å². The number of piperidine rings is 1. The van der Waals surface area contributed by atoms with Crippen molar-refractivity contribution in [3.05, 3.63) is 18.2 Å². The number of anilines is 2. The smallest absolute Gasteiger partial charge is 0.186 e. The topological polar surface area (TPSA) is 62.4 Å². The van der Waals surface area contributed by atoms with Crippen molar-refractivity contribution in [2.45, 2.75) is 25.3 Å². The van der Waals surface area contributed by atoms with Crippen LogP contribution >= 0.6 is 11.3 Å². The van der Waals surface area contributed by atoms with E-state index in [1.807, 2.05) is 18.2 Å². The van der Waals surface area contributed by atoms with Gasteiger partial charge < -0.3 is 15.7 Å². The molecule has 3 rings (SSSR count). The van der Waals surface area contributed by atoms with E-state index in [2.05, 4.69) is 9.88 Å². The Balaban J connectivity index is 1.97. The molecule has 1 unspecified atom stereocenters. The Labute approximate surface area is 110 Å². The largest absolute Gasteiger partial charge is 0.399 e. The highest BCUT2D eigenvalue weighted by Gasteiger charge is 2.24. The SMILES string of the molecule is Nc1ccc2nc(N3CCCCC3CO)sc2c1. The van der Waals surface area contributed by atoms with Crippen LogP contribution in [0.15, 0.2) is 18.2 Å². The number of hydrogen-bond acceptors (Lipinski definition) is 5. The highest BCUT2D eigenvalue weighted by atomic mass is 32.1. The van der Waals surface area contributed by atoms with Crippen LogP contribution in [0.1, 0.15) is 19.3 Å². The van der Waals surface area contributed by atoms with Crippen molar-refractivity contribution in [2.75, 3.05) is 23.8 Å². The Morgan fingerprint density at radius 3 is 3.17 bits per heavy atom. The molecule has 96 valence electrons. The number of aromatic nitrogens is 1. The van der Waals surface area contributed by atoms with Crippen molar-refractivity contribution in [3.63, 3.8) is 0 Å². The maximum absolute atomic E-state index is 9.46. The summed E-state index contributed by atoms with van der Waals surface area (Å²) < 4.78 is 1.12. The molecule has 1 aromatic heterocycles. The molecule has 3 N–H and O–H groups in total. The molecule has 0 amide bonds. The zero-order valence-electron chi connectivity index (χ0n) is 10.2. The molecule has 0 aliphatic carbocycles. The molecule has 1 aromatic carbocycles. The van der Waals surface area contributed by atoms with Crippen LogP contribution in [-0.2, 0) is 0 Å². The minimum atomic E-state index is 0.206. The summed E-state index contributed by atoms with van der Waals surface area (Å²) in [7, 11) is 0. The summed E-state index contributed by atoms with van der Waals surface area (Å²) in [4.78, 5) is 6.89. The number of nitrogens with two attached hydrogens (primary N) is 1. The molecule has 1 atom stereocenters. The van der Waals surface area contributed by atoms with Gasteiger partial charge in [-0.25, -0.2) is 4.98 Å². The van der Waals surface area contributed by atoms with E-state index in [1.54, 1.807) is 11.3 Å². The first kappa shape index (κ1) is 11.7. The van der Waals surface area contributed by atoms with E-state index in [9.17, 15) is 5.11 Å². The maximum Gasteiger partial charge on any atom is 0.186 e. The third-order valence-electron chi connectivity index (χ3n) is 3.48. The van der Waals surface area contributed by atoms with Crippen LogP contribution < -0.4 is 10.6 Å². The van der Waals surface area contributed by atoms with E-state index in [-0.39, 0.29) is 12.6 Å². The molecule has 1 saturated heterocycles. The number of thiazole rings is 1. The van der Waals surface area contributed by atoms with Crippen LogP contribution in [0.25, 0.3) is 10.2 Å². The van der Waals surface area contributed by atoms with Crippen LogP contribution in [0.3, 0.4) is 0 Å². The van der Waals surface area contributed by atoms with E-state index in [0.29, 0.717) is 0 Å². The molecule has 2 heterocycles. The van der Waals surface area contributed by atoms with Crippen molar-refractivity contribution in [2.24, 2.45) is 0 Å². The zero-order chi connectivity index (χ0) is 12.5. The van der Waals surface area contributed by atoms with Crippen LogP contribution in [-0.4, -0.2) is 29.3 Å². The molecule has 0 bridgehead atoms. The van der Waals surface area contributed by atoms with Crippen molar-refractivity contribution in [3.8, 4) is 0 Å². The summed E-state index contributed by atoms with van der Waals surface area (Å²) in [6, 6.07) is 6.03. The second kappa shape index (κ2) is 4.74. The van der Waals surface area contributed by atoms with Gasteiger partial charge in [-0.3, -0.25) is 0 Å². The van der Waals surface area contributed by atoms with Gasteiger partial charge in [-0.05, 0) is 37.5 Å². The first-order valence-electron chi connectivity index (χ1n) is 6.31. The van der Waals surface area contributed by atoms with Gasteiger partial charge in [0.2, 0.25) is 0 Å². The van der Waals surface area contributed by atoms with Gasteiger partial charge in [-0.1, -0.05) is 11.3 Å². The van der Waals surface area contributed by atoms with Gasteiger partial charge in [-0.15, -0.1) is 0 Å². The normalized spacial score (nSPS) is 20.5. The van der Waals surface area contributed by atoms with Crippen LogP contribution in [0.5, 0.6) is 0 Å². The quantitative estimate of drug-likeness (QED) is 0.816. The summed E-state index contributed by atoms with van der Waals surface area (Å²) in [6.45, 7) is 1.19. The van der Waals surface area contributed by atoms with Crippen LogP contribution in [0.4, 0.5) is 10.8 Å². The molecule has 5 heteroatoms. The molecule has 0 saturated carbocycles. The number of rotatable bonds is 2. The summed E-state index contributed by atoms with van der Waals surface area (Å²) in [5, 5.41) is 10.5. The highest BCUT2D eigenvalue weighted by molar-refractivity contribution is 7.22. The summed E-state index contributed by atoms with van der Waals surface area (Å²) >= 11 is 1.66. The van der Waals surface area contributed by atoms with E-state index in [0.717, 1.165) is 34.0 Å². The van der Waals surface area contributed by atoms with Crippen molar-refractivity contribution in [1.29, 1.82) is 0 Å². The first-order valence-corrected chi connectivity index (χ1v) is 7.13. The Bertz CT molecular complexity index is 554. The Morgan fingerprint density at radius 1 is 1.44 bits per heavy atom. The lowest BCUT2D eigenvalue weighted by Crippen LogP contribution is -2.41. The summed E-state index contributed by atoms with van der Waals surface area (Å²) in [6.07, 6.45) is 3.42. The number of fused-ring (bicyclic) bond motifs is 1. The molecule has 1 aliphatic heterocycles. The maximum atomic E-state index is 9.46. The van der Waals surface area contributed by atoms with Gasteiger partial charge in [-0.2, -0.15) is 0 Å². The van der Waals surface area contributed by atoms with Crippen molar-refractivity contribution >= 4 is 32.4 Å². The Hall–Kier alpha value is -1.33. The van der Waals surface area contributed by atoms with Crippen molar-refractivity contribution < 1.29 is 5.11 Å². The van der Waals surface area contributed by atoms with Gasteiger partial charge in [0.1, 0.15) is 0 Å². The molecule has 2 aromatic rings. The van der Waals surface area contributed by atoms with E-state index >= 15 is 0 Å². The lowest BCUT2D eigenvalue weighted by atomic mass is 10.0. The predicted molar refractivity (Wildman–Crippen MR) is 76.1 cm³/mol. The van der Waals surface area contributed by atoms with Gasteiger partial charge in [0.05, 0.1) is 22.9 Å². The molecule has 4 nitrogen and oxygen atoms in total. The lowest BCUT2D eigenvalue weighted by Gasteiger charge is -2.34. The number of benzene rings is 1. The van der Waals surface area contributed by atoms with Gasteiger partial charge in [0.25, 0.3) is 0 Å². The fraction of sp³-hybridized carbons (Fsp3) is 0.462. The molecular formula is C13H17N3OS. The standard InChI is InChI=1S/C13H17N3OS/c14-9-4-5-11-12(7-9)18-13(15-11)16-6-2-1-3-10(16)8-17/h4-5,7,10,17H,1-3,6,8,14H2. The first-order chi connectivity index (χ1) is 8.78. The average Bonchev–Trinajstić information content (AvgIpc) is 2.81. The number of aliphatic hydroxyl groups is 1. The van der Waals surface area contributed by atoms with E-state index < -0.39 is 0 Å². The third kappa shape index (κ3) is 2.04. The van der Waals surface area contributed by atoms with Gasteiger partial charge >= 0.3 is 0 Å². The predicted octanol–water partition coefficient (Wildman–Crippen LogP) is 2.23. The number of nitrogens with zero attached hydrogens (tertiary/aromatic N) is 2. The number of aliphatic hydroxyl groups excluding tert-OH is 1. The molecule has 1 aliphatic rings. The van der Waals surface area contributed by atoms with E-state index in [1.165, 1.54) is 12.8 Å². The van der Waals surface area contributed by atoms with Gasteiger partial charge in [0, 0.05) is 12.2 Å². The zero-order valence-corrected chi connectivity index (χ0v) is 11.0. The Kier molecular flexibility index (Phi) is 3.09. The summed E-state index contributed by atoms with van der Waals surface area (Å²) in [5.41, 5.74) is 7.56. The molecule has 0 radical (unpaired) electrons. The van der Waals surface area contributed by atoms with E-state index in [4.69, 9.17) is 5.73 Å². The fourth-order valence-corrected chi connectivity index (χ4v) is 3.61. The lowest BCUT2D eigenvalue weighted by molar-refractivity contribution is 0.240. The fourth-order valence-electron chi connectivity index (χ4n) is 2.49. The molecule has 0 spiro atoms. The molecular weight excluding hydrogens is 246 g/mol. The minimum Gasteiger partial charge on any atom is -0.399 e. The Morgan fingerprint density at radius 2 is 2.33 bits per heavy atom. The highest BCUT2D eigenvalue weighted by Crippen LogP contribution is 2.33. The molecule has 18 heavy (non-hydrogen) atoms. The second-order valence-electron chi connectivity index (χ2n) is 4.75. The minimum absolute atomic E-state index is 0.206. The number of nitrogen functional groups attached to an aromatic ring is 1. The summed E-state index contributed by atoms with van der Waals surface area (Å²) in [5.74, 6) is 0. The average molecular weight is 263 g/mol. The van der Waals surface area contributed by atoms with Gasteiger partial charge in [0.15, 0.2) is 5.13 Å².